The Labute approximate surface area is 175 Å². The molecule has 0 bridgehead atoms. The molecule has 0 aliphatic heterocycles. The molecule has 6 heteroatoms. The summed E-state index contributed by atoms with van der Waals surface area (Å²) in [5.41, 5.74) is 5.63. The lowest BCUT2D eigenvalue weighted by Gasteiger charge is -2.15. The van der Waals surface area contributed by atoms with E-state index in [1.165, 1.54) is 16.5 Å². The lowest BCUT2D eigenvalue weighted by atomic mass is 10.0. The summed E-state index contributed by atoms with van der Waals surface area (Å²) in [4.78, 5) is 15.0. The van der Waals surface area contributed by atoms with E-state index in [1.807, 2.05) is 24.0 Å². The second-order valence-electron chi connectivity index (χ2n) is 8.01. The van der Waals surface area contributed by atoms with Crippen LogP contribution in [0.25, 0.3) is 33.3 Å². The first-order valence-corrected chi connectivity index (χ1v) is 10.6. The highest BCUT2D eigenvalue weighted by atomic mass is 16.1. The zero-order chi connectivity index (χ0) is 20.5. The van der Waals surface area contributed by atoms with Crippen LogP contribution in [0, 0.1) is 0 Å². The van der Waals surface area contributed by atoms with Crippen molar-refractivity contribution >= 4 is 16.8 Å². The van der Waals surface area contributed by atoms with Crippen LogP contribution in [0.4, 0.5) is 0 Å². The van der Waals surface area contributed by atoms with Gasteiger partial charge in [0.1, 0.15) is 0 Å². The van der Waals surface area contributed by atoms with Crippen LogP contribution in [-0.2, 0) is 4.79 Å². The zero-order valence-corrected chi connectivity index (χ0v) is 17.0. The summed E-state index contributed by atoms with van der Waals surface area (Å²) in [7, 11) is 0. The average Bonchev–Trinajstić information content (AvgIpc) is 3.53. The molecule has 4 aromatic rings. The van der Waals surface area contributed by atoms with E-state index in [4.69, 9.17) is 0 Å². The Morgan fingerprint density at radius 1 is 1.10 bits per heavy atom. The molecule has 1 aliphatic rings. The number of H-pyrrole nitrogens is 1. The van der Waals surface area contributed by atoms with E-state index >= 15 is 0 Å². The molecule has 1 aliphatic carbocycles. The molecule has 2 atom stereocenters. The minimum absolute atomic E-state index is 0.118. The number of carbonyl (C=O) groups excluding carboxylic acids is 1. The van der Waals surface area contributed by atoms with Gasteiger partial charge in [-0.15, -0.1) is 5.10 Å². The summed E-state index contributed by atoms with van der Waals surface area (Å²) < 4.78 is 2.03. The number of aromatic amines is 1. The van der Waals surface area contributed by atoms with Gasteiger partial charge < -0.3 is 10.3 Å². The molecule has 6 nitrogen and oxygen atoms in total. The molecular weight excluding hydrogens is 374 g/mol. The van der Waals surface area contributed by atoms with Gasteiger partial charge in [-0.25, -0.2) is 4.68 Å². The second kappa shape index (κ2) is 7.78. The summed E-state index contributed by atoms with van der Waals surface area (Å²) in [6.45, 7) is 1.89. The summed E-state index contributed by atoms with van der Waals surface area (Å²) >= 11 is 0. The molecule has 0 radical (unpaired) electrons. The Morgan fingerprint density at radius 2 is 1.90 bits per heavy atom. The highest BCUT2D eigenvalue weighted by molar-refractivity contribution is 5.85. The molecule has 0 unspecified atom stereocenters. The van der Waals surface area contributed by atoms with Crippen LogP contribution in [0.1, 0.15) is 38.6 Å². The van der Waals surface area contributed by atoms with E-state index in [9.17, 15) is 4.79 Å². The van der Waals surface area contributed by atoms with Crippen LogP contribution >= 0.6 is 0 Å². The first-order valence-electron chi connectivity index (χ1n) is 10.6. The number of hydrogen-bond acceptors (Lipinski definition) is 3. The lowest BCUT2D eigenvalue weighted by molar-refractivity contribution is -0.121. The van der Waals surface area contributed by atoms with Gasteiger partial charge in [0.25, 0.3) is 0 Å². The number of benzene rings is 2. The third-order valence-electron chi connectivity index (χ3n) is 6.08. The van der Waals surface area contributed by atoms with Crippen molar-refractivity contribution in [3.63, 3.8) is 0 Å². The van der Waals surface area contributed by atoms with Crippen LogP contribution in [0.5, 0.6) is 0 Å². The smallest absolute Gasteiger partial charge is 0.219 e. The first-order chi connectivity index (χ1) is 14.7. The van der Waals surface area contributed by atoms with Crippen LogP contribution in [0.3, 0.4) is 0 Å². The highest BCUT2D eigenvalue weighted by Crippen LogP contribution is 2.34. The molecule has 2 heterocycles. The minimum atomic E-state index is 0.118. The number of hydrogen-bond donors (Lipinski definition) is 2. The predicted octanol–water partition coefficient (Wildman–Crippen LogP) is 4.71. The predicted molar refractivity (Wildman–Crippen MR) is 118 cm³/mol. The SMILES string of the molecule is CCC(=O)N[C@@H]1CC[C@H](n2nncc2-c2ccc(-c3ccc4cc[nH]c4c3)cc2)C1. The number of fused-ring (bicyclic) bond motifs is 1. The highest BCUT2D eigenvalue weighted by Gasteiger charge is 2.29. The van der Waals surface area contributed by atoms with Crippen molar-refractivity contribution in [1.29, 1.82) is 0 Å². The van der Waals surface area contributed by atoms with E-state index in [2.05, 4.69) is 69.1 Å². The van der Waals surface area contributed by atoms with Crippen molar-refractivity contribution in [2.45, 2.75) is 44.7 Å². The summed E-state index contributed by atoms with van der Waals surface area (Å²) in [5, 5.41) is 12.9. The summed E-state index contributed by atoms with van der Waals surface area (Å²) in [5.74, 6) is 0.118. The fourth-order valence-corrected chi connectivity index (χ4v) is 4.42. The molecule has 152 valence electrons. The summed E-state index contributed by atoms with van der Waals surface area (Å²) in [6.07, 6.45) is 7.20. The third kappa shape index (κ3) is 3.49. The van der Waals surface area contributed by atoms with Gasteiger partial charge in [0, 0.05) is 29.7 Å². The van der Waals surface area contributed by atoms with Gasteiger partial charge in [0.2, 0.25) is 5.91 Å². The quantitative estimate of drug-likeness (QED) is 0.510. The van der Waals surface area contributed by atoms with Gasteiger partial charge in [-0.05, 0) is 47.9 Å². The van der Waals surface area contributed by atoms with Gasteiger partial charge in [-0.2, -0.15) is 0 Å². The third-order valence-corrected chi connectivity index (χ3v) is 6.08. The van der Waals surface area contributed by atoms with Crippen LogP contribution in [0.15, 0.2) is 60.9 Å². The van der Waals surface area contributed by atoms with E-state index in [0.29, 0.717) is 6.42 Å². The summed E-state index contributed by atoms with van der Waals surface area (Å²) in [6, 6.07) is 17.6. The molecule has 1 saturated carbocycles. The van der Waals surface area contributed by atoms with E-state index in [-0.39, 0.29) is 18.0 Å². The maximum Gasteiger partial charge on any atom is 0.219 e. The molecule has 2 aromatic carbocycles. The minimum Gasteiger partial charge on any atom is -0.361 e. The van der Waals surface area contributed by atoms with Crippen molar-refractivity contribution in [2.24, 2.45) is 0 Å². The van der Waals surface area contributed by atoms with Crippen molar-refractivity contribution in [1.82, 2.24) is 25.3 Å². The maximum atomic E-state index is 11.7. The van der Waals surface area contributed by atoms with Crippen molar-refractivity contribution in [3.05, 3.63) is 60.9 Å². The lowest BCUT2D eigenvalue weighted by Crippen LogP contribution is -2.32. The molecule has 0 spiro atoms. The Kier molecular flexibility index (Phi) is 4.83. The van der Waals surface area contributed by atoms with E-state index in [1.54, 1.807) is 0 Å². The maximum absolute atomic E-state index is 11.7. The average molecular weight is 399 g/mol. The Morgan fingerprint density at radius 3 is 2.73 bits per heavy atom. The van der Waals surface area contributed by atoms with Crippen LogP contribution in [0.2, 0.25) is 0 Å². The molecule has 5 rings (SSSR count). The van der Waals surface area contributed by atoms with Crippen molar-refractivity contribution < 1.29 is 4.79 Å². The number of nitrogens with one attached hydrogen (secondary N) is 2. The standard InChI is InChI=1S/C24H25N5O/c1-2-24(30)27-20-9-10-21(14-20)29-23(15-26-28-29)18-6-3-16(4-7-18)19-8-5-17-11-12-25-22(17)13-19/h3-8,11-13,15,20-21,25H,2,9-10,14H2,1H3,(H,27,30)/t20-,21+/m1/s1. The van der Waals surface area contributed by atoms with E-state index in [0.717, 1.165) is 36.0 Å². The number of nitrogens with zero attached hydrogens (tertiary/aromatic N) is 3. The van der Waals surface area contributed by atoms with Crippen molar-refractivity contribution in [3.8, 4) is 22.4 Å². The number of carbonyl (C=O) groups is 1. The molecule has 1 fully saturated rings. The fourth-order valence-electron chi connectivity index (χ4n) is 4.42. The number of rotatable bonds is 5. The molecule has 30 heavy (non-hydrogen) atoms. The number of amides is 1. The van der Waals surface area contributed by atoms with Crippen molar-refractivity contribution in [2.75, 3.05) is 0 Å². The van der Waals surface area contributed by atoms with Gasteiger partial charge >= 0.3 is 0 Å². The molecule has 2 N–H and O–H groups in total. The monoisotopic (exact) mass is 399 g/mol. The zero-order valence-electron chi connectivity index (χ0n) is 17.0. The Hall–Kier alpha value is -3.41. The van der Waals surface area contributed by atoms with E-state index < -0.39 is 0 Å². The fraction of sp³-hybridized carbons (Fsp3) is 0.292. The molecular formula is C24H25N5O. The van der Waals surface area contributed by atoms with Gasteiger partial charge in [0.05, 0.1) is 17.9 Å². The second-order valence-corrected chi connectivity index (χ2v) is 8.01. The Bertz CT molecular complexity index is 1170. The van der Waals surface area contributed by atoms with Crippen LogP contribution in [-0.4, -0.2) is 31.9 Å². The van der Waals surface area contributed by atoms with Crippen LogP contribution < -0.4 is 5.32 Å². The molecule has 1 amide bonds. The number of aromatic nitrogens is 4. The van der Waals surface area contributed by atoms with Gasteiger partial charge in [-0.1, -0.05) is 48.5 Å². The molecule has 0 saturated heterocycles. The normalized spacial score (nSPS) is 18.7. The first kappa shape index (κ1) is 18.6. The topological polar surface area (TPSA) is 75.6 Å². The van der Waals surface area contributed by atoms with Gasteiger partial charge in [0.15, 0.2) is 0 Å². The molecule has 2 aromatic heterocycles. The Balaban J connectivity index is 1.36. The van der Waals surface area contributed by atoms with Gasteiger partial charge in [-0.3, -0.25) is 4.79 Å². The largest absolute Gasteiger partial charge is 0.361 e.